The van der Waals surface area contributed by atoms with Crippen molar-refractivity contribution >= 4 is 6.08 Å². The minimum absolute atomic E-state index is 0.246. The molecule has 18 heavy (non-hydrogen) atoms. The molecule has 98 valence electrons. The summed E-state index contributed by atoms with van der Waals surface area (Å²) in [5.41, 5.74) is 3.53. The molecule has 0 saturated heterocycles. The van der Waals surface area contributed by atoms with Crippen LogP contribution in [-0.4, -0.2) is 19.7 Å². The van der Waals surface area contributed by atoms with Crippen molar-refractivity contribution in [2.24, 2.45) is 10.9 Å². The first-order valence-electron chi connectivity index (χ1n) is 6.20. The summed E-state index contributed by atoms with van der Waals surface area (Å²) in [5, 5.41) is 0. The number of hydrogen-bond donors (Lipinski definition) is 0. The van der Waals surface area contributed by atoms with Crippen molar-refractivity contribution in [3.05, 3.63) is 28.8 Å². The summed E-state index contributed by atoms with van der Waals surface area (Å²) in [7, 11) is 1.68. The maximum Gasteiger partial charge on any atom is 0.234 e. The summed E-state index contributed by atoms with van der Waals surface area (Å²) in [5.74, 6) is 1.57. The number of aryl methyl sites for hydroxylation is 2. The van der Waals surface area contributed by atoms with Crippen LogP contribution in [0.5, 0.6) is 5.75 Å². The highest BCUT2D eigenvalue weighted by molar-refractivity contribution is 5.43. The zero-order valence-electron chi connectivity index (χ0n) is 11.8. The molecule has 0 saturated carbocycles. The Bertz CT molecular complexity index is 460. The molecule has 0 heterocycles. The molecule has 0 radical (unpaired) electrons. The normalized spacial score (nSPS) is 12.1. The van der Waals surface area contributed by atoms with E-state index in [4.69, 9.17) is 4.74 Å². The SMILES string of the molecule is COc1cc(C)c(C(CN=C=O)C(C)C)cc1C. The number of aliphatic imine (C=N–C) groups is 1. The highest BCUT2D eigenvalue weighted by atomic mass is 16.5. The summed E-state index contributed by atoms with van der Waals surface area (Å²) < 4.78 is 5.32. The van der Waals surface area contributed by atoms with Crippen LogP contribution >= 0.6 is 0 Å². The molecule has 0 aromatic heterocycles. The van der Waals surface area contributed by atoms with Gasteiger partial charge in [-0.05, 0) is 42.5 Å². The Balaban J connectivity index is 3.19. The number of carbonyl (C=O) groups excluding carboxylic acids is 1. The van der Waals surface area contributed by atoms with E-state index in [1.807, 2.05) is 13.0 Å². The van der Waals surface area contributed by atoms with Gasteiger partial charge in [-0.25, -0.2) is 9.79 Å². The van der Waals surface area contributed by atoms with Crippen molar-refractivity contribution in [1.29, 1.82) is 0 Å². The zero-order valence-corrected chi connectivity index (χ0v) is 11.8. The van der Waals surface area contributed by atoms with E-state index in [1.54, 1.807) is 13.2 Å². The number of nitrogens with zero attached hydrogens (tertiary/aromatic N) is 1. The smallest absolute Gasteiger partial charge is 0.234 e. The second-order valence-corrected chi connectivity index (χ2v) is 4.96. The van der Waals surface area contributed by atoms with Crippen LogP contribution < -0.4 is 4.74 Å². The fourth-order valence-corrected chi connectivity index (χ4v) is 2.24. The number of ether oxygens (including phenoxy) is 1. The standard InChI is InChI=1S/C15H21NO2/c1-10(2)14(8-16-9-17)13-6-12(4)15(18-5)7-11(13)3/h6-7,10,14H,8H2,1-5H3. The molecule has 1 rings (SSSR count). The molecule has 0 aliphatic rings. The van der Waals surface area contributed by atoms with Gasteiger partial charge in [0, 0.05) is 5.92 Å². The Labute approximate surface area is 109 Å². The van der Waals surface area contributed by atoms with Crippen LogP contribution in [0.1, 0.15) is 36.5 Å². The number of rotatable bonds is 5. The molecule has 3 heteroatoms. The van der Waals surface area contributed by atoms with Gasteiger partial charge in [0.25, 0.3) is 0 Å². The summed E-state index contributed by atoms with van der Waals surface area (Å²) in [6, 6.07) is 4.18. The lowest BCUT2D eigenvalue weighted by Gasteiger charge is -2.22. The monoisotopic (exact) mass is 247 g/mol. The van der Waals surface area contributed by atoms with Crippen molar-refractivity contribution in [3.63, 3.8) is 0 Å². The molecule has 1 unspecified atom stereocenters. The van der Waals surface area contributed by atoms with Gasteiger partial charge in [0.1, 0.15) is 5.75 Å². The van der Waals surface area contributed by atoms with E-state index in [-0.39, 0.29) is 5.92 Å². The second kappa shape index (κ2) is 6.36. The molecule has 1 aromatic rings. The molecule has 0 fully saturated rings. The molecular weight excluding hydrogens is 226 g/mol. The van der Waals surface area contributed by atoms with E-state index in [0.717, 1.165) is 11.3 Å². The number of hydrogen-bond acceptors (Lipinski definition) is 3. The lowest BCUT2D eigenvalue weighted by Crippen LogP contribution is -2.12. The van der Waals surface area contributed by atoms with Gasteiger partial charge in [-0.2, -0.15) is 0 Å². The molecule has 3 nitrogen and oxygen atoms in total. The molecule has 0 amide bonds. The predicted molar refractivity (Wildman–Crippen MR) is 73.0 cm³/mol. The highest BCUT2D eigenvalue weighted by Gasteiger charge is 2.19. The van der Waals surface area contributed by atoms with E-state index in [2.05, 4.69) is 31.8 Å². The van der Waals surface area contributed by atoms with Crippen molar-refractivity contribution in [1.82, 2.24) is 0 Å². The highest BCUT2D eigenvalue weighted by Crippen LogP contribution is 2.31. The summed E-state index contributed by atoms with van der Waals surface area (Å²) in [4.78, 5) is 14.1. The van der Waals surface area contributed by atoms with Crippen molar-refractivity contribution in [2.45, 2.75) is 33.6 Å². The molecular formula is C15H21NO2. The minimum Gasteiger partial charge on any atom is -0.496 e. The molecule has 1 aromatic carbocycles. The van der Waals surface area contributed by atoms with Crippen molar-refractivity contribution in [3.8, 4) is 5.75 Å². The Hall–Kier alpha value is -1.60. The molecule has 0 bridgehead atoms. The van der Waals surface area contributed by atoms with Crippen LogP contribution in [-0.2, 0) is 4.79 Å². The average Bonchev–Trinajstić information content (AvgIpc) is 2.32. The molecule has 0 N–H and O–H groups in total. The topological polar surface area (TPSA) is 38.7 Å². The quantitative estimate of drug-likeness (QED) is 0.591. The van der Waals surface area contributed by atoms with E-state index < -0.39 is 0 Å². The van der Waals surface area contributed by atoms with Crippen LogP contribution in [0.15, 0.2) is 17.1 Å². The lowest BCUT2D eigenvalue weighted by molar-refractivity contribution is 0.410. The number of benzene rings is 1. The van der Waals surface area contributed by atoms with E-state index in [0.29, 0.717) is 12.5 Å². The van der Waals surface area contributed by atoms with Crippen LogP contribution in [0.25, 0.3) is 0 Å². The van der Waals surface area contributed by atoms with Crippen LogP contribution in [0, 0.1) is 19.8 Å². The molecule has 0 spiro atoms. The first kappa shape index (κ1) is 14.5. The number of isocyanates is 1. The second-order valence-electron chi connectivity index (χ2n) is 4.96. The Morgan fingerprint density at radius 2 is 1.94 bits per heavy atom. The van der Waals surface area contributed by atoms with Crippen LogP contribution in [0.3, 0.4) is 0 Å². The van der Waals surface area contributed by atoms with Gasteiger partial charge in [-0.3, -0.25) is 0 Å². The first-order chi connectivity index (χ1) is 8.51. The first-order valence-corrected chi connectivity index (χ1v) is 6.20. The maximum absolute atomic E-state index is 10.3. The third-order valence-electron chi connectivity index (χ3n) is 3.34. The van der Waals surface area contributed by atoms with Gasteiger partial charge in [-0.1, -0.05) is 19.9 Å². The van der Waals surface area contributed by atoms with Gasteiger partial charge in [0.15, 0.2) is 0 Å². The van der Waals surface area contributed by atoms with Crippen molar-refractivity contribution < 1.29 is 9.53 Å². The third-order valence-corrected chi connectivity index (χ3v) is 3.34. The summed E-state index contributed by atoms with van der Waals surface area (Å²) in [6.07, 6.45) is 1.63. The average molecular weight is 247 g/mol. The lowest BCUT2D eigenvalue weighted by atomic mass is 9.85. The Kier molecular flexibility index (Phi) is 5.11. The predicted octanol–water partition coefficient (Wildman–Crippen LogP) is 3.39. The van der Waals surface area contributed by atoms with E-state index >= 15 is 0 Å². The Morgan fingerprint density at radius 3 is 2.44 bits per heavy atom. The zero-order chi connectivity index (χ0) is 13.7. The fourth-order valence-electron chi connectivity index (χ4n) is 2.24. The van der Waals surface area contributed by atoms with E-state index in [1.165, 1.54) is 11.1 Å². The van der Waals surface area contributed by atoms with Crippen LogP contribution in [0.2, 0.25) is 0 Å². The van der Waals surface area contributed by atoms with Gasteiger partial charge in [0.2, 0.25) is 6.08 Å². The largest absolute Gasteiger partial charge is 0.496 e. The van der Waals surface area contributed by atoms with Crippen molar-refractivity contribution in [2.75, 3.05) is 13.7 Å². The molecule has 1 atom stereocenters. The minimum atomic E-state index is 0.246. The molecule has 0 aliphatic heterocycles. The third kappa shape index (κ3) is 3.21. The van der Waals surface area contributed by atoms with Gasteiger partial charge >= 0.3 is 0 Å². The van der Waals surface area contributed by atoms with Gasteiger partial charge in [-0.15, -0.1) is 0 Å². The van der Waals surface area contributed by atoms with Gasteiger partial charge in [0.05, 0.1) is 13.7 Å². The summed E-state index contributed by atoms with van der Waals surface area (Å²) in [6.45, 7) is 8.88. The number of methoxy groups -OCH3 is 1. The maximum atomic E-state index is 10.3. The molecule has 0 aliphatic carbocycles. The fraction of sp³-hybridized carbons (Fsp3) is 0.533. The Morgan fingerprint density at radius 1 is 1.28 bits per heavy atom. The van der Waals surface area contributed by atoms with E-state index in [9.17, 15) is 4.79 Å². The van der Waals surface area contributed by atoms with Crippen LogP contribution in [0.4, 0.5) is 0 Å². The van der Waals surface area contributed by atoms with Gasteiger partial charge < -0.3 is 4.74 Å². The summed E-state index contributed by atoms with van der Waals surface area (Å²) >= 11 is 0.